The molecule has 1 atom stereocenters. The first-order valence-electron chi connectivity index (χ1n) is 5.16. The molecule has 1 aromatic rings. The lowest BCUT2D eigenvalue weighted by Crippen LogP contribution is -2.42. The Labute approximate surface area is 96.6 Å². The van der Waals surface area contributed by atoms with E-state index in [2.05, 4.69) is 15.5 Å². The molecule has 0 spiro atoms. The van der Waals surface area contributed by atoms with Gasteiger partial charge in [-0.2, -0.15) is 5.10 Å². The minimum atomic E-state index is -3.06. The summed E-state index contributed by atoms with van der Waals surface area (Å²) < 4.78 is 22.2. The first kappa shape index (κ1) is 13.2. The van der Waals surface area contributed by atoms with Gasteiger partial charge in [0, 0.05) is 25.0 Å². The molecule has 1 unspecified atom stereocenters. The average Bonchev–Trinajstić information content (AvgIpc) is 2.65. The van der Waals surface area contributed by atoms with Crippen LogP contribution in [0, 0.1) is 0 Å². The van der Waals surface area contributed by atoms with Gasteiger partial charge in [0.05, 0.1) is 10.4 Å². The van der Waals surface area contributed by atoms with Crippen molar-refractivity contribution in [1.82, 2.24) is 15.5 Å². The van der Waals surface area contributed by atoms with Gasteiger partial charge >= 0.3 is 0 Å². The van der Waals surface area contributed by atoms with Gasteiger partial charge in [-0.05, 0) is 26.8 Å². The highest BCUT2D eigenvalue weighted by Crippen LogP contribution is 2.16. The molecule has 1 heterocycles. The van der Waals surface area contributed by atoms with E-state index in [1.54, 1.807) is 20.0 Å². The highest BCUT2D eigenvalue weighted by molar-refractivity contribution is 7.92. The van der Waals surface area contributed by atoms with Crippen LogP contribution in [0.2, 0.25) is 0 Å². The maximum atomic E-state index is 11.5. The normalized spacial score (nSPS) is 15.0. The monoisotopic (exact) mass is 245 g/mol. The summed E-state index contributed by atoms with van der Waals surface area (Å²) in [6, 6.07) is 1.93. The molecule has 1 rings (SSSR count). The summed E-state index contributed by atoms with van der Waals surface area (Å²) in [5.41, 5.74) is 0.948. The van der Waals surface area contributed by atoms with Crippen LogP contribution in [0.3, 0.4) is 0 Å². The molecule has 0 saturated heterocycles. The van der Waals surface area contributed by atoms with E-state index in [1.807, 2.05) is 13.0 Å². The van der Waals surface area contributed by atoms with Gasteiger partial charge in [-0.15, -0.1) is 0 Å². The highest BCUT2D eigenvalue weighted by atomic mass is 32.2. The van der Waals surface area contributed by atoms with Crippen molar-refractivity contribution < 1.29 is 8.42 Å². The third-order valence-corrected chi connectivity index (χ3v) is 4.98. The van der Waals surface area contributed by atoms with Crippen molar-refractivity contribution in [2.24, 2.45) is 0 Å². The first-order chi connectivity index (χ1) is 7.24. The molecule has 0 bridgehead atoms. The molecule has 16 heavy (non-hydrogen) atoms. The Morgan fingerprint density at radius 1 is 1.56 bits per heavy atom. The SMILES string of the molecule is CC(NCC(C)(C)S(C)(=O)=O)c1ccn[nH]1. The predicted octanol–water partition coefficient (Wildman–Crippen LogP) is 0.884. The molecule has 0 saturated carbocycles. The Balaban J connectivity index is 2.59. The van der Waals surface area contributed by atoms with Crippen molar-refractivity contribution in [1.29, 1.82) is 0 Å². The number of nitrogens with one attached hydrogen (secondary N) is 2. The second-order valence-corrected chi connectivity index (χ2v) is 7.30. The molecule has 0 aliphatic heterocycles. The van der Waals surface area contributed by atoms with Crippen molar-refractivity contribution >= 4 is 9.84 Å². The molecule has 0 amide bonds. The van der Waals surface area contributed by atoms with Crippen LogP contribution in [-0.2, 0) is 9.84 Å². The van der Waals surface area contributed by atoms with E-state index in [0.29, 0.717) is 6.54 Å². The van der Waals surface area contributed by atoms with E-state index in [9.17, 15) is 8.42 Å². The summed E-state index contributed by atoms with van der Waals surface area (Å²) in [6.07, 6.45) is 2.94. The summed E-state index contributed by atoms with van der Waals surface area (Å²) in [4.78, 5) is 0. The lowest BCUT2D eigenvalue weighted by atomic mass is 10.1. The maximum absolute atomic E-state index is 11.5. The van der Waals surface area contributed by atoms with Gasteiger partial charge in [-0.25, -0.2) is 8.42 Å². The molecule has 0 aromatic carbocycles. The summed E-state index contributed by atoms with van der Waals surface area (Å²) >= 11 is 0. The molecule has 6 heteroatoms. The molecule has 0 radical (unpaired) electrons. The Morgan fingerprint density at radius 2 is 2.19 bits per heavy atom. The number of rotatable bonds is 5. The molecular weight excluding hydrogens is 226 g/mol. The summed E-state index contributed by atoms with van der Waals surface area (Å²) in [7, 11) is -3.06. The fourth-order valence-electron chi connectivity index (χ4n) is 1.15. The number of sulfone groups is 1. The fourth-order valence-corrected chi connectivity index (χ4v) is 1.49. The molecule has 0 fully saturated rings. The van der Waals surface area contributed by atoms with Crippen LogP contribution in [0.15, 0.2) is 12.3 Å². The smallest absolute Gasteiger partial charge is 0.153 e. The third kappa shape index (κ3) is 3.05. The largest absolute Gasteiger partial charge is 0.307 e. The summed E-state index contributed by atoms with van der Waals surface area (Å²) in [6.45, 7) is 5.81. The van der Waals surface area contributed by atoms with E-state index in [-0.39, 0.29) is 6.04 Å². The van der Waals surface area contributed by atoms with Crippen LogP contribution in [0.5, 0.6) is 0 Å². The molecule has 2 N–H and O–H groups in total. The van der Waals surface area contributed by atoms with Gasteiger partial charge in [0.25, 0.3) is 0 Å². The summed E-state index contributed by atoms with van der Waals surface area (Å²) in [5.74, 6) is 0. The second-order valence-electron chi connectivity index (χ2n) is 4.65. The van der Waals surface area contributed by atoms with E-state index in [4.69, 9.17) is 0 Å². The Bertz CT molecular complexity index is 423. The number of H-pyrrole nitrogens is 1. The van der Waals surface area contributed by atoms with Gasteiger partial charge < -0.3 is 5.32 Å². The van der Waals surface area contributed by atoms with E-state index in [0.717, 1.165) is 5.69 Å². The number of nitrogens with zero attached hydrogens (tertiary/aromatic N) is 1. The van der Waals surface area contributed by atoms with Crippen molar-refractivity contribution in [3.63, 3.8) is 0 Å². The number of aromatic nitrogens is 2. The number of aromatic amines is 1. The van der Waals surface area contributed by atoms with Gasteiger partial charge in [0.2, 0.25) is 0 Å². The first-order valence-corrected chi connectivity index (χ1v) is 7.05. The van der Waals surface area contributed by atoms with E-state index >= 15 is 0 Å². The maximum Gasteiger partial charge on any atom is 0.153 e. The molecule has 1 aromatic heterocycles. The third-order valence-electron chi connectivity index (χ3n) is 2.83. The summed E-state index contributed by atoms with van der Waals surface area (Å²) in [5, 5.41) is 9.88. The minimum absolute atomic E-state index is 0.0588. The zero-order chi connectivity index (χ0) is 12.4. The van der Waals surface area contributed by atoms with Crippen LogP contribution < -0.4 is 5.32 Å². The Hall–Kier alpha value is -0.880. The van der Waals surface area contributed by atoms with Crippen LogP contribution in [-0.4, -0.2) is 36.2 Å². The molecular formula is C10H19N3O2S. The molecule has 0 aliphatic carbocycles. The molecule has 0 aliphatic rings. The van der Waals surface area contributed by atoms with Crippen LogP contribution in [0.1, 0.15) is 32.5 Å². The lowest BCUT2D eigenvalue weighted by molar-refractivity contribution is 0.483. The van der Waals surface area contributed by atoms with Gasteiger partial charge in [0.15, 0.2) is 9.84 Å². The van der Waals surface area contributed by atoms with Crippen LogP contribution in [0.25, 0.3) is 0 Å². The van der Waals surface area contributed by atoms with E-state index in [1.165, 1.54) is 6.26 Å². The Kier molecular flexibility index (Phi) is 3.75. The van der Waals surface area contributed by atoms with Crippen molar-refractivity contribution in [3.8, 4) is 0 Å². The molecule has 92 valence electrons. The van der Waals surface area contributed by atoms with Crippen molar-refractivity contribution in [3.05, 3.63) is 18.0 Å². The van der Waals surface area contributed by atoms with Crippen LogP contribution in [0.4, 0.5) is 0 Å². The quantitative estimate of drug-likeness (QED) is 0.807. The number of hydrogen-bond acceptors (Lipinski definition) is 4. The zero-order valence-electron chi connectivity index (χ0n) is 10.1. The van der Waals surface area contributed by atoms with Gasteiger partial charge in [-0.3, -0.25) is 5.10 Å². The zero-order valence-corrected chi connectivity index (χ0v) is 10.9. The second kappa shape index (κ2) is 4.55. The lowest BCUT2D eigenvalue weighted by Gasteiger charge is -2.25. The average molecular weight is 245 g/mol. The Morgan fingerprint density at radius 3 is 2.62 bits per heavy atom. The van der Waals surface area contributed by atoms with Crippen LogP contribution >= 0.6 is 0 Å². The van der Waals surface area contributed by atoms with Gasteiger partial charge in [-0.1, -0.05) is 0 Å². The van der Waals surface area contributed by atoms with E-state index < -0.39 is 14.6 Å². The fraction of sp³-hybridized carbons (Fsp3) is 0.700. The standard InChI is InChI=1S/C10H19N3O2S/c1-8(9-5-6-12-13-9)11-7-10(2,3)16(4,14)15/h5-6,8,11H,7H2,1-4H3,(H,12,13). The van der Waals surface area contributed by atoms with Crippen molar-refractivity contribution in [2.45, 2.75) is 31.6 Å². The van der Waals surface area contributed by atoms with Gasteiger partial charge in [0.1, 0.15) is 0 Å². The predicted molar refractivity (Wildman–Crippen MR) is 63.9 cm³/mol. The minimum Gasteiger partial charge on any atom is -0.307 e. The van der Waals surface area contributed by atoms with Crippen molar-refractivity contribution in [2.75, 3.05) is 12.8 Å². The number of hydrogen-bond donors (Lipinski definition) is 2. The topological polar surface area (TPSA) is 74.8 Å². The molecule has 5 nitrogen and oxygen atoms in total. The highest BCUT2D eigenvalue weighted by Gasteiger charge is 2.30.